The van der Waals surface area contributed by atoms with E-state index in [4.69, 9.17) is 16.3 Å². The molecule has 4 heteroatoms. The first-order valence-electron chi connectivity index (χ1n) is 6.34. The summed E-state index contributed by atoms with van der Waals surface area (Å²) in [5, 5.41) is 4.20. The van der Waals surface area contributed by atoms with Crippen LogP contribution in [-0.2, 0) is 0 Å². The normalized spacial score (nSPS) is 21.3. The van der Waals surface area contributed by atoms with Crippen molar-refractivity contribution in [3.05, 3.63) is 28.8 Å². The first-order chi connectivity index (χ1) is 8.63. The van der Waals surface area contributed by atoms with Crippen LogP contribution in [0.15, 0.2) is 18.2 Å². The molecule has 1 aliphatic rings. The van der Waals surface area contributed by atoms with Gasteiger partial charge in [0, 0.05) is 16.6 Å². The van der Waals surface area contributed by atoms with Crippen molar-refractivity contribution in [1.82, 2.24) is 10.2 Å². The summed E-state index contributed by atoms with van der Waals surface area (Å²) < 4.78 is 5.49. The van der Waals surface area contributed by atoms with Crippen molar-refractivity contribution in [2.45, 2.75) is 12.5 Å². The lowest BCUT2D eigenvalue weighted by atomic mass is 9.90. The van der Waals surface area contributed by atoms with Gasteiger partial charge in [-0.25, -0.2) is 0 Å². The molecule has 0 radical (unpaired) electrons. The van der Waals surface area contributed by atoms with Crippen LogP contribution in [0.5, 0.6) is 5.75 Å². The number of methoxy groups -OCH3 is 1. The number of benzene rings is 1. The molecule has 1 aliphatic heterocycles. The van der Waals surface area contributed by atoms with Gasteiger partial charge in [0.25, 0.3) is 0 Å². The predicted octanol–water partition coefficient (Wildman–Crippen LogP) is 2.56. The molecule has 1 aromatic rings. The van der Waals surface area contributed by atoms with Gasteiger partial charge in [0.05, 0.1) is 7.11 Å². The lowest BCUT2D eigenvalue weighted by Gasteiger charge is -2.31. The molecular formula is C14H21ClN2O. The molecule has 1 N–H and O–H groups in total. The minimum Gasteiger partial charge on any atom is -0.496 e. The Bertz CT molecular complexity index is 403. The van der Waals surface area contributed by atoms with E-state index in [1.165, 1.54) is 12.0 Å². The highest BCUT2D eigenvalue weighted by Crippen LogP contribution is 2.37. The minimum atomic E-state index is 0.341. The average Bonchev–Trinajstić information content (AvgIpc) is 2.83. The van der Waals surface area contributed by atoms with Gasteiger partial charge in [-0.1, -0.05) is 11.6 Å². The molecular weight excluding hydrogens is 248 g/mol. The van der Waals surface area contributed by atoms with Crippen molar-refractivity contribution in [3.63, 3.8) is 0 Å². The molecule has 2 rings (SSSR count). The number of nitrogens with zero attached hydrogens (tertiary/aromatic N) is 1. The number of nitrogens with one attached hydrogen (secondary N) is 1. The fourth-order valence-corrected chi connectivity index (χ4v) is 3.02. The SMILES string of the molecule is COc1ccc(Cl)cc1C(C1CCNC1)N(C)C. The maximum absolute atomic E-state index is 6.14. The zero-order chi connectivity index (χ0) is 13.1. The van der Waals surface area contributed by atoms with Crippen molar-refractivity contribution >= 4 is 11.6 Å². The van der Waals surface area contributed by atoms with Crippen molar-refractivity contribution in [2.24, 2.45) is 5.92 Å². The molecule has 3 nitrogen and oxygen atoms in total. The fourth-order valence-electron chi connectivity index (χ4n) is 2.84. The topological polar surface area (TPSA) is 24.5 Å². The zero-order valence-corrected chi connectivity index (χ0v) is 12.0. The Labute approximate surface area is 114 Å². The van der Waals surface area contributed by atoms with Crippen LogP contribution in [-0.4, -0.2) is 39.2 Å². The van der Waals surface area contributed by atoms with Crippen molar-refractivity contribution < 1.29 is 4.74 Å². The van der Waals surface area contributed by atoms with Gasteiger partial charge in [-0.05, 0) is 57.7 Å². The summed E-state index contributed by atoms with van der Waals surface area (Å²) in [6.45, 7) is 2.15. The van der Waals surface area contributed by atoms with Crippen LogP contribution in [0.2, 0.25) is 5.02 Å². The minimum absolute atomic E-state index is 0.341. The van der Waals surface area contributed by atoms with Crippen LogP contribution in [0.1, 0.15) is 18.0 Å². The molecule has 0 bridgehead atoms. The van der Waals surface area contributed by atoms with E-state index in [9.17, 15) is 0 Å². The van der Waals surface area contributed by atoms with Gasteiger partial charge in [0.15, 0.2) is 0 Å². The summed E-state index contributed by atoms with van der Waals surface area (Å²) in [5.74, 6) is 1.53. The molecule has 1 heterocycles. The van der Waals surface area contributed by atoms with Crippen LogP contribution >= 0.6 is 11.6 Å². The standard InChI is InChI=1S/C14H21ClN2O/c1-17(2)14(10-6-7-16-9-10)12-8-11(15)4-5-13(12)18-3/h4-5,8,10,14,16H,6-7,9H2,1-3H3. The average molecular weight is 269 g/mol. The molecule has 0 saturated carbocycles. The first kappa shape index (κ1) is 13.7. The Morgan fingerprint density at radius 1 is 1.44 bits per heavy atom. The van der Waals surface area contributed by atoms with Crippen LogP contribution in [0.3, 0.4) is 0 Å². The number of hydrogen-bond donors (Lipinski definition) is 1. The predicted molar refractivity (Wildman–Crippen MR) is 75.4 cm³/mol. The van der Waals surface area contributed by atoms with E-state index in [-0.39, 0.29) is 0 Å². The molecule has 1 saturated heterocycles. The third-order valence-electron chi connectivity index (χ3n) is 3.61. The largest absolute Gasteiger partial charge is 0.496 e. The quantitative estimate of drug-likeness (QED) is 0.908. The van der Waals surface area contributed by atoms with E-state index < -0.39 is 0 Å². The van der Waals surface area contributed by atoms with E-state index in [2.05, 4.69) is 24.3 Å². The highest BCUT2D eigenvalue weighted by molar-refractivity contribution is 6.30. The Morgan fingerprint density at radius 2 is 2.22 bits per heavy atom. The van der Waals surface area contributed by atoms with Gasteiger partial charge in [-0.15, -0.1) is 0 Å². The van der Waals surface area contributed by atoms with Crippen LogP contribution < -0.4 is 10.1 Å². The van der Waals surface area contributed by atoms with Crippen LogP contribution in [0, 0.1) is 5.92 Å². The molecule has 0 amide bonds. The monoisotopic (exact) mass is 268 g/mol. The molecule has 0 aliphatic carbocycles. The van der Waals surface area contributed by atoms with Gasteiger partial charge in [0.1, 0.15) is 5.75 Å². The van der Waals surface area contributed by atoms with E-state index in [1.54, 1.807) is 7.11 Å². The summed E-state index contributed by atoms with van der Waals surface area (Å²) in [6, 6.07) is 6.21. The van der Waals surface area contributed by atoms with Crippen molar-refractivity contribution in [3.8, 4) is 5.75 Å². The number of rotatable bonds is 4. The Kier molecular flexibility index (Phi) is 4.49. The molecule has 2 atom stereocenters. The van der Waals surface area contributed by atoms with E-state index in [0.717, 1.165) is 23.9 Å². The Balaban J connectivity index is 2.37. The molecule has 0 spiro atoms. The second kappa shape index (κ2) is 5.91. The van der Waals surface area contributed by atoms with Crippen molar-refractivity contribution in [2.75, 3.05) is 34.3 Å². The fraction of sp³-hybridized carbons (Fsp3) is 0.571. The van der Waals surface area contributed by atoms with Crippen LogP contribution in [0.4, 0.5) is 0 Å². The lowest BCUT2D eigenvalue weighted by molar-refractivity contribution is 0.217. The third kappa shape index (κ3) is 2.79. The molecule has 1 aromatic carbocycles. The molecule has 2 unspecified atom stereocenters. The third-order valence-corrected chi connectivity index (χ3v) is 3.85. The van der Waals surface area contributed by atoms with Crippen LogP contribution in [0.25, 0.3) is 0 Å². The van der Waals surface area contributed by atoms with E-state index in [0.29, 0.717) is 12.0 Å². The number of ether oxygens (including phenoxy) is 1. The number of halogens is 1. The van der Waals surface area contributed by atoms with Gasteiger partial charge in [0.2, 0.25) is 0 Å². The highest BCUT2D eigenvalue weighted by atomic mass is 35.5. The smallest absolute Gasteiger partial charge is 0.123 e. The summed E-state index contributed by atoms with van der Waals surface area (Å²) in [5.41, 5.74) is 1.18. The molecule has 1 fully saturated rings. The van der Waals surface area contributed by atoms with E-state index >= 15 is 0 Å². The van der Waals surface area contributed by atoms with Crippen molar-refractivity contribution in [1.29, 1.82) is 0 Å². The Morgan fingerprint density at radius 3 is 2.78 bits per heavy atom. The summed E-state index contributed by atoms with van der Waals surface area (Å²) >= 11 is 6.14. The second-order valence-electron chi connectivity index (χ2n) is 5.05. The maximum atomic E-state index is 6.14. The summed E-state index contributed by atoms with van der Waals surface area (Å²) in [6.07, 6.45) is 1.19. The van der Waals surface area contributed by atoms with Gasteiger partial charge in [-0.3, -0.25) is 0 Å². The number of hydrogen-bond acceptors (Lipinski definition) is 3. The van der Waals surface area contributed by atoms with Gasteiger partial charge in [-0.2, -0.15) is 0 Å². The molecule has 100 valence electrons. The maximum Gasteiger partial charge on any atom is 0.123 e. The van der Waals surface area contributed by atoms with Gasteiger partial charge < -0.3 is 15.0 Å². The second-order valence-corrected chi connectivity index (χ2v) is 5.48. The highest BCUT2D eigenvalue weighted by Gasteiger charge is 2.30. The molecule has 18 heavy (non-hydrogen) atoms. The summed E-state index contributed by atoms with van der Waals surface area (Å²) in [4.78, 5) is 2.26. The first-order valence-corrected chi connectivity index (χ1v) is 6.72. The van der Waals surface area contributed by atoms with Gasteiger partial charge >= 0.3 is 0 Å². The zero-order valence-electron chi connectivity index (χ0n) is 11.2. The Hall–Kier alpha value is -0.770. The van der Waals surface area contributed by atoms with E-state index in [1.807, 2.05) is 18.2 Å². The summed E-state index contributed by atoms with van der Waals surface area (Å²) in [7, 11) is 5.94. The lowest BCUT2D eigenvalue weighted by Crippen LogP contribution is -2.29. The molecule has 0 aromatic heterocycles.